The van der Waals surface area contributed by atoms with Gasteiger partial charge in [-0.15, -0.1) is 0 Å². The summed E-state index contributed by atoms with van der Waals surface area (Å²) in [6.07, 6.45) is 0.577. The van der Waals surface area contributed by atoms with Crippen LogP contribution in [0.15, 0.2) is 0 Å². The minimum absolute atomic E-state index is 0.231. The molecule has 0 aromatic heterocycles. The number of nitrogens with one attached hydrogen (secondary N) is 4. The van der Waals surface area contributed by atoms with Gasteiger partial charge in [0, 0.05) is 52.4 Å². The largest absolute Gasteiger partial charge is 0.373 e. The summed E-state index contributed by atoms with van der Waals surface area (Å²) >= 11 is 0. The van der Waals surface area contributed by atoms with Gasteiger partial charge in [-0.1, -0.05) is 0 Å². The molecular formula is C12H26N4O2. The van der Waals surface area contributed by atoms with Gasteiger partial charge in [0.05, 0.1) is 19.3 Å². The van der Waals surface area contributed by atoms with E-state index in [4.69, 9.17) is 9.47 Å². The molecule has 0 aromatic carbocycles. The molecule has 6 heteroatoms. The number of epoxide rings is 1. The molecule has 2 rings (SSSR count). The molecule has 1 atom stereocenters. The van der Waals surface area contributed by atoms with Crippen molar-refractivity contribution in [2.75, 3.05) is 65.6 Å². The zero-order valence-corrected chi connectivity index (χ0v) is 11.0. The van der Waals surface area contributed by atoms with Gasteiger partial charge in [0.15, 0.2) is 0 Å². The van der Waals surface area contributed by atoms with E-state index in [1.54, 1.807) is 0 Å². The molecule has 18 heavy (non-hydrogen) atoms. The van der Waals surface area contributed by atoms with Gasteiger partial charge in [0.1, 0.15) is 6.10 Å². The molecule has 4 N–H and O–H groups in total. The van der Waals surface area contributed by atoms with Crippen LogP contribution >= 0.6 is 0 Å². The Kier molecular flexibility index (Phi) is 6.92. The fourth-order valence-corrected chi connectivity index (χ4v) is 1.90. The fraction of sp³-hybridized carbons (Fsp3) is 1.00. The zero-order chi connectivity index (χ0) is 12.5. The van der Waals surface area contributed by atoms with Crippen molar-refractivity contribution < 1.29 is 9.47 Å². The molecule has 0 aliphatic carbocycles. The molecule has 2 heterocycles. The van der Waals surface area contributed by atoms with Crippen LogP contribution in [0.4, 0.5) is 0 Å². The van der Waals surface area contributed by atoms with E-state index in [0.29, 0.717) is 6.10 Å². The van der Waals surface area contributed by atoms with Gasteiger partial charge in [-0.2, -0.15) is 0 Å². The van der Waals surface area contributed by atoms with Crippen molar-refractivity contribution in [3.05, 3.63) is 0 Å². The van der Waals surface area contributed by atoms with E-state index >= 15 is 0 Å². The fourth-order valence-electron chi connectivity index (χ4n) is 1.90. The van der Waals surface area contributed by atoms with Crippen LogP contribution in [0.1, 0.15) is 0 Å². The van der Waals surface area contributed by atoms with Gasteiger partial charge >= 0.3 is 0 Å². The SMILES string of the molecule is C1CNCCNCC(OCC2CO2)CNCCN1. The van der Waals surface area contributed by atoms with Crippen LogP contribution in [-0.2, 0) is 9.47 Å². The monoisotopic (exact) mass is 258 g/mol. The average Bonchev–Trinajstić information content (AvgIpc) is 3.18. The van der Waals surface area contributed by atoms with Gasteiger partial charge in [0.25, 0.3) is 0 Å². The molecule has 0 spiro atoms. The number of rotatable bonds is 3. The Bertz CT molecular complexity index is 200. The van der Waals surface area contributed by atoms with Gasteiger partial charge < -0.3 is 30.7 Å². The van der Waals surface area contributed by atoms with E-state index in [9.17, 15) is 0 Å². The van der Waals surface area contributed by atoms with E-state index in [1.165, 1.54) is 0 Å². The van der Waals surface area contributed by atoms with Gasteiger partial charge in [-0.25, -0.2) is 0 Å². The predicted molar refractivity (Wildman–Crippen MR) is 71.0 cm³/mol. The smallest absolute Gasteiger partial charge is 0.104 e. The lowest BCUT2D eigenvalue weighted by atomic mass is 10.3. The Morgan fingerprint density at radius 2 is 1.33 bits per heavy atom. The summed E-state index contributed by atoms with van der Waals surface area (Å²) in [6.45, 7) is 9.43. The first-order valence-corrected chi connectivity index (χ1v) is 7.01. The lowest BCUT2D eigenvalue weighted by Crippen LogP contribution is -2.40. The lowest BCUT2D eigenvalue weighted by molar-refractivity contribution is 0.0433. The first-order valence-electron chi connectivity index (χ1n) is 7.01. The quantitative estimate of drug-likeness (QED) is 0.445. The molecule has 0 bridgehead atoms. The molecular weight excluding hydrogens is 232 g/mol. The Morgan fingerprint density at radius 1 is 0.833 bits per heavy atom. The first kappa shape index (κ1) is 14.2. The van der Waals surface area contributed by atoms with Crippen molar-refractivity contribution in [2.24, 2.45) is 0 Å². The number of hydrogen-bond acceptors (Lipinski definition) is 6. The molecule has 2 saturated heterocycles. The Hall–Kier alpha value is -0.240. The Labute approximate surface area is 109 Å². The summed E-state index contributed by atoms with van der Waals surface area (Å²) in [5.74, 6) is 0. The van der Waals surface area contributed by atoms with Gasteiger partial charge in [-0.3, -0.25) is 0 Å². The highest BCUT2D eigenvalue weighted by Gasteiger charge is 2.24. The van der Waals surface area contributed by atoms with Crippen molar-refractivity contribution in [3.63, 3.8) is 0 Å². The Morgan fingerprint density at radius 3 is 1.83 bits per heavy atom. The van der Waals surface area contributed by atoms with Crippen molar-refractivity contribution in [1.29, 1.82) is 0 Å². The molecule has 2 aliphatic rings. The Balaban J connectivity index is 1.64. The maximum atomic E-state index is 5.85. The maximum absolute atomic E-state index is 5.85. The van der Waals surface area contributed by atoms with E-state index in [2.05, 4.69) is 21.3 Å². The third-order valence-corrected chi connectivity index (χ3v) is 3.10. The summed E-state index contributed by atoms with van der Waals surface area (Å²) in [5.41, 5.74) is 0. The normalized spacial score (nSPS) is 29.0. The zero-order valence-electron chi connectivity index (χ0n) is 11.0. The third-order valence-electron chi connectivity index (χ3n) is 3.10. The molecule has 2 aliphatic heterocycles. The highest BCUT2D eigenvalue weighted by atomic mass is 16.6. The summed E-state index contributed by atoms with van der Waals surface area (Å²) in [4.78, 5) is 0. The number of hydrogen-bond donors (Lipinski definition) is 4. The summed E-state index contributed by atoms with van der Waals surface area (Å²) < 4.78 is 11.0. The standard InChI is InChI=1S/C12H26N4O2/c1-2-14-4-6-16-8-11(7-15-5-3-13-1)17-9-12-10-18-12/h11-16H,1-10H2. The summed E-state index contributed by atoms with van der Waals surface area (Å²) in [7, 11) is 0. The second-order valence-electron chi connectivity index (χ2n) is 4.82. The molecule has 1 unspecified atom stereocenters. The van der Waals surface area contributed by atoms with E-state index in [1.807, 2.05) is 0 Å². The van der Waals surface area contributed by atoms with Crippen LogP contribution in [0.3, 0.4) is 0 Å². The number of ether oxygens (including phenoxy) is 2. The summed E-state index contributed by atoms with van der Waals surface area (Å²) in [5, 5.41) is 13.6. The van der Waals surface area contributed by atoms with Gasteiger partial charge in [0.2, 0.25) is 0 Å². The molecule has 0 radical (unpaired) electrons. The van der Waals surface area contributed by atoms with Gasteiger partial charge in [-0.05, 0) is 0 Å². The van der Waals surface area contributed by atoms with Crippen LogP contribution < -0.4 is 21.3 Å². The lowest BCUT2D eigenvalue weighted by Gasteiger charge is -2.18. The minimum Gasteiger partial charge on any atom is -0.373 e. The van der Waals surface area contributed by atoms with Crippen molar-refractivity contribution >= 4 is 0 Å². The van der Waals surface area contributed by atoms with Crippen molar-refractivity contribution in [2.45, 2.75) is 12.2 Å². The minimum atomic E-state index is 0.231. The van der Waals surface area contributed by atoms with E-state index in [-0.39, 0.29) is 6.10 Å². The topological polar surface area (TPSA) is 69.9 Å². The molecule has 2 fully saturated rings. The van der Waals surface area contributed by atoms with Crippen LogP contribution in [0, 0.1) is 0 Å². The second-order valence-corrected chi connectivity index (χ2v) is 4.82. The predicted octanol–water partition coefficient (Wildman–Crippen LogP) is -1.86. The molecule has 0 amide bonds. The van der Waals surface area contributed by atoms with Crippen LogP contribution in [0.25, 0.3) is 0 Å². The van der Waals surface area contributed by atoms with E-state index in [0.717, 1.165) is 65.6 Å². The molecule has 6 nitrogen and oxygen atoms in total. The van der Waals surface area contributed by atoms with Crippen LogP contribution in [0.5, 0.6) is 0 Å². The van der Waals surface area contributed by atoms with E-state index < -0.39 is 0 Å². The van der Waals surface area contributed by atoms with Crippen LogP contribution in [-0.4, -0.2) is 77.8 Å². The van der Waals surface area contributed by atoms with Crippen molar-refractivity contribution in [1.82, 2.24) is 21.3 Å². The third kappa shape index (κ3) is 6.63. The first-order chi connectivity index (χ1) is 8.95. The summed E-state index contributed by atoms with van der Waals surface area (Å²) in [6, 6.07) is 0. The highest BCUT2D eigenvalue weighted by Crippen LogP contribution is 2.09. The van der Waals surface area contributed by atoms with Crippen LogP contribution in [0.2, 0.25) is 0 Å². The van der Waals surface area contributed by atoms with Crippen molar-refractivity contribution in [3.8, 4) is 0 Å². The molecule has 0 saturated carbocycles. The molecule has 106 valence electrons. The average molecular weight is 258 g/mol. The second kappa shape index (κ2) is 8.79. The molecule has 0 aromatic rings. The maximum Gasteiger partial charge on any atom is 0.104 e. The highest BCUT2D eigenvalue weighted by molar-refractivity contribution is 4.72.